The molecule has 2 N–H and O–H groups in total. The van der Waals surface area contributed by atoms with Crippen LogP contribution in [-0.4, -0.2) is 29.7 Å². The van der Waals surface area contributed by atoms with E-state index in [0.29, 0.717) is 5.92 Å². The lowest BCUT2D eigenvalue weighted by molar-refractivity contribution is 0.193. The fraction of sp³-hybridized carbons (Fsp3) is 0.636. The van der Waals surface area contributed by atoms with E-state index in [2.05, 4.69) is 15.3 Å². The Hall–Kier alpha value is -0.780. The molecule has 1 saturated heterocycles. The number of rotatable bonds is 1. The van der Waals surface area contributed by atoms with Crippen molar-refractivity contribution in [2.45, 2.75) is 25.3 Å². The van der Waals surface area contributed by atoms with Crippen LogP contribution in [0.3, 0.4) is 0 Å². The molecule has 0 bridgehead atoms. The smallest absolute Gasteiger partial charge is 0.134 e. The van der Waals surface area contributed by atoms with Crippen LogP contribution in [0.1, 0.15) is 29.4 Å². The Kier molecular flexibility index (Phi) is 2.75. The third kappa shape index (κ3) is 1.79. The number of ether oxygens (including phenoxy) is 1. The molecule has 1 aromatic rings. The summed E-state index contributed by atoms with van der Waals surface area (Å²) in [7, 11) is 0. The number of hydrogen-bond donors (Lipinski definition) is 2. The molecule has 2 aliphatic rings. The zero-order valence-corrected chi connectivity index (χ0v) is 9.90. The van der Waals surface area contributed by atoms with Gasteiger partial charge in [0.25, 0.3) is 0 Å². The lowest BCUT2D eigenvalue weighted by atomic mass is 10.1. The average Bonchev–Trinajstić information content (AvgIpc) is 2.82. The van der Waals surface area contributed by atoms with E-state index in [4.69, 9.17) is 17.0 Å². The van der Waals surface area contributed by atoms with Crippen LogP contribution in [0, 0.1) is 4.64 Å². The summed E-state index contributed by atoms with van der Waals surface area (Å²) < 4.78 is 6.14. The van der Waals surface area contributed by atoms with Crippen molar-refractivity contribution in [2.75, 3.05) is 19.8 Å². The molecule has 86 valence electrons. The first-order valence-electron chi connectivity index (χ1n) is 5.75. The molecule has 4 nitrogen and oxygen atoms in total. The van der Waals surface area contributed by atoms with Crippen LogP contribution in [0.4, 0.5) is 0 Å². The van der Waals surface area contributed by atoms with Crippen molar-refractivity contribution < 1.29 is 4.74 Å². The van der Waals surface area contributed by atoms with Crippen LogP contribution in [0.25, 0.3) is 0 Å². The molecule has 3 heterocycles. The van der Waals surface area contributed by atoms with Gasteiger partial charge in [0.2, 0.25) is 0 Å². The van der Waals surface area contributed by atoms with Gasteiger partial charge in [0.1, 0.15) is 10.5 Å². The average molecular weight is 237 g/mol. The number of nitrogens with zero attached hydrogens (tertiary/aromatic N) is 1. The fourth-order valence-electron chi connectivity index (χ4n) is 2.33. The molecular formula is C11H15N3OS. The Morgan fingerprint density at radius 1 is 1.44 bits per heavy atom. The summed E-state index contributed by atoms with van der Waals surface area (Å²) in [6, 6.07) is 0. The summed E-state index contributed by atoms with van der Waals surface area (Å²) in [5.41, 5.74) is 2.43. The lowest BCUT2D eigenvalue weighted by Crippen LogP contribution is -2.26. The summed E-state index contributed by atoms with van der Waals surface area (Å²) in [5.74, 6) is 1.42. The van der Waals surface area contributed by atoms with Gasteiger partial charge in [0.05, 0.1) is 6.61 Å². The number of fused-ring (bicyclic) bond motifs is 1. The van der Waals surface area contributed by atoms with Gasteiger partial charge in [-0.25, -0.2) is 4.98 Å². The maximum Gasteiger partial charge on any atom is 0.134 e. The van der Waals surface area contributed by atoms with E-state index in [1.807, 2.05) is 0 Å². The SMILES string of the molecule is S=c1nc(C2CCOC2)[nH]c2c1CNCC2. The molecule has 1 fully saturated rings. The first kappa shape index (κ1) is 10.4. The summed E-state index contributed by atoms with van der Waals surface area (Å²) in [5, 5.41) is 3.32. The van der Waals surface area contributed by atoms with E-state index in [-0.39, 0.29) is 0 Å². The first-order chi connectivity index (χ1) is 7.84. The molecular weight excluding hydrogens is 222 g/mol. The van der Waals surface area contributed by atoms with Crippen molar-refractivity contribution in [1.29, 1.82) is 0 Å². The normalized spacial score (nSPS) is 24.4. The number of aromatic amines is 1. The molecule has 5 heteroatoms. The molecule has 16 heavy (non-hydrogen) atoms. The van der Waals surface area contributed by atoms with Gasteiger partial charge >= 0.3 is 0 Å². The van der Waals surface area contributed by atoms with Crippen molar-refractivity contribution in [1.82, 2.24) is 15.3 Å². The summed E-state index contributed by atoms with van der Waals surface area (Å²) in [4.78, 5) is 7.96. The first-order valence-corrected chi connectivity index (χ1v) is 6.16. The van der Waals surface area contributed by atoms with Crippen LogP contribution in [-0.2, 0) is 17.7 Å². The number of hydrogen-bond acceptors (Lipinski definition) is 4. The Morgan fingerprint density at radius 2 is 2.38 bits per heavy atom. The topological polar surface area (TPSA) is 49.9 Å². The quantitative estimate of drug-likeness (QED) is 0.723. The van der Waals surface area contributed by atoms with E-state index in [9.17, 15) is 0 Å². The summed E-state index contributed by atoms with van der Waals surface area (Å²) >= 11 is 5.35. The summed E-state index contributed by atoms with van der Waals surface area (Å²) in [6.07, 6.45) is 2.07. The van der Waals surface area contributed by atoms with Gasteiger partial charge in [-0.1, -0.05) is 12.2 Å². The van der Waals surface area contributed by atoms with Crippen LogP contribution in [0.5, 0.6) is 0 Å². The van der Waals surface area contributed by atoms with E-state index in [1.54, 1.807) is 0 Å². The van der Waals surface area contributed by atoms with Gasteiger partial charge in [-0.2, -0.15) is 0 Å². The van der Waals surface area contributed by atoms with Gasteiger partial charge < -0.3 is 15.0 Å². The molecule has 1 atom stereocenters. The zero-order valence-electron chi connectivity index (χ0n) is 9.08. The molecule has 1 aromatic heterocycles. The zero-order chi connectivity index (χ0) is 11.0. The van der Waals surface area contributed by atoms with Crippen molar-refractivity contribution in [3.63, 3.8) is 0 Å². The molecule has 1 unspecified atom stereocenters. The molecule has 0 aliphatic carbocycles. The number of nitrogens with one attached hydrogen (secondary N) is 2. The molecule has 0 saturated carbocycles. The summed E-state index contributed by atoms with van der Waals surface area (Å²) in [6.45, 7) is 3.48. The number of H-pyrrole nitrogens is 1. The van der Waals surface area contributed by atoms with Crippen LogP contribution >= 0.6 is 12.2 Å². The van der Waals surface area contributed by atoms with Crippen LogP contribution < -0.4 is 5.32 Å². The third-order valence-corrected chi connectivity index (χ3v) is 3.63. The Balaban J connectivity index is 2.01. The standard InChI is InChI=1S/C11H15N3OS/c16-11-8-5-12-3-1-9(8)13-10(14-11)7-2-4-15-6-7/h7,12H,1-6H2,(H,13,14,16). The lowest BCUT2D eigenvalue weighted by Gasteiger charge is -2.19. The minimum Gasteiger partial charge on any atom is -0.381 e. The Labute approximate surface area is 99.4 Å². The predicted molar refractivity (Wildman–Crippen MR) is 63.0 cm³/mol. The van der Waals surface area contributed by atoms with Gasteiger partial charge in [0, 0.05) is 43.3 Å². The van der Waals surface area contributed by atoms with E-state index in [1.165, 1.54) is 11.3 Å². The number of aromatic nitrogens is 2. The molecule has 0 spiro atoms. The highest BCUT2D eigenvalue weighted by molar-refractivity contribution is 7.71. The monoisotopic (exact) mass is 237 g/mol. The van der Waals surface area contributed by atoms with Crippen LogP contribution in [0.2, 0.25) is 0 Å². The second-order valence-electron chi connectivity index (χ2n) is 4.37. The van der Waals surface area contributed by atoms with Crippen LogP contribution in [0.15, 0.2) is 0 Å². The van der Waals surface area contributed by atoms with E-state index in [0.717, 1.165) is 49.6 Å². The predicted octanol–water partition coefficient (Wildman–Crippen LogP) is 1.29. The third-order valence-electron chi connectivity index (χ3n) is 3.29. The van der Waals surface area contributed by atoms with Gasteiger partial charge in [-0.05, 0) is 6.42 Å². The van der Waals surface area contributed by atoms with Crippen molar-refractivity contribution in [3.8, 4) is 0 Å². The highest BCUT2D eigenvalue weighted by Crippen LogP contribution is 2.23. The maximum atomic E-state index is 5.39. The minimum absolute atomic E-state index is 0.405. The van der Waals surface area contributed by atoms with Gasteiger partial charge in [-0.15, -0.1) is 0 Å². The molecule has 0 amide bonds. The Morgan fingerprint density at radius 3 is 3.19 bits per heavy atom. The molecule has 0 radical (unpaired) electrons. The van der Waals surface area contributed by atoms with E-state index < -0.39 is 0 Å². The van der Waals surface area contributed by atoms with Crippen molar-refractivity contribution in [2.24, 2.45) is 0 Å². The second-order valence-corrected chi connectivity index (χ2v) is 4.76. The fourth-order valence-corrected chi connectivity index (χ4v) is 2.62. The van der Waals surface area contributed by atoms with Crippen molar-refractivity contribution in [3.05, 3.63) is 21.7 Å². The van der Waals surface area contributed by atoms with Gasteiger partial charge in [0.15, 0.2) is 0 Å². The molecule has 2 aliphatic heterocycles. The second kappa shape index (κ2) is 4.24. The Bertz CT molecular complexity index is 451. The largest absolute Gasteiger partial charge is 0.381 e. The maximum absolute atomic E-state index is 5.39. The van der Waals surface area contributed by atoms with E-state index >= 15 is 0 Å². The highest BCUT2D eigenvalue weighted by atomic mass is 32.1. The van der Waals surface area contributed by atoms with Crippen molar-refractivity contribution >= 4 is 12.2 Å². The molecule has 0 aromatic carbocycles. The van der Waals surface area contributed by atoms with Gasteiger partial charge in [-0.3, -0.25) is 0 Å². The molecule has 3 rings (SSSR count). The highest BCUT2D eigenvalue weighted by Gasteiger charge is 2.22. The minimum atomic E-state index is 0.405.